The molecule has 0 spiro atoms. The van der Waals surface area contributed by atoms with Crippen molar-refractivity contribution in [2.45, 2.75) is 26.2 Å². The second kappa shape index (κ2) is 6.79. The number of likely N-dealkylation sites (tertiary alicyclic amines) is 1. The van der Waals surface area contributed by atoms with Gasteiger partial charge in [0.1, 0.15) is 6.54 Å². The number of nitrogens with one attached hydrogen (secondary N) is 1. The highest BCUT2D eigenvalue weighted by molar-refractivity contribution is 6.08. The van der Waals surface area contributed by atoms with Gasteiger partial charge in [-0.2, -0.15) is 0 Å². The standard InChI is InChI=1S/C20H22N2O5/c1-11-4-2-3-5-14(11)21-15(23)10-27-16(24)9-22-19(25)17-12-6-7-13(8-12)18(17)20(22)26/h2-5,12-13,17-18H,6-10H2,1H3,(H,21,23)/t12-,13-,17-,18+/m0/s1. The fourth-order valence-corrected chi connectivity index (χ4v) is 4.85. The molecule has 1 aliphatic heterocycles. The number of hydrogen-bond acceptors (Lipinski definition) is 5. The zero-order valence-electron chi connectivity index (χ0n) is 15.1. The summed E-state index contributed by atoms with van der Waals surface area (Å²) >= 11 is 0. The number of esters is 1. The van der Waals surface area contributed by atoms with Gasteiger partial charge in [-0.3, -0.25) is 24.1 Å². The third kappa shape index (κ3) is 3.11. The van der Waals surface area contributed by atoms with Gasteiger partial charge in [0, 0.05) is 5.69 Å². The predicted octanol–water partition coefficient (Wildman–Crippen LogP) is 1.51. The Morgan fingerprint density at radius 3 is 2.37 bits per heavy atom. The number of rotatable bonds is 5. The van der Waals surface area contributed by atoms with Crippen molar-refractivity contribution >= 4 is 29.4 Å². The van der Waals surface area contributed by atoms with Gasteiger partial charge in [-0.15, -0.1) is 0 Å². The third-order valence-electron chi connectivity index (χ3n) is 6.09. The van der Waals surface area contributed by atoms with Crippen LogP contribution in [0.2, 0.25) is 0 Å². The molecule has 1 aromatic carbocycles. The van der Waals surface area contributed by atoms with E-state index in [0.29, 0.717) is 5.69 Å². The van der Waals surface area contributed by atoms with E-state index >= 15 is 0 Å². The first-order chi connectivity index (χ1) is 13.0. The number of hydrogen-bond donors (Lipinski definition) is 1. The smallest absolute Gasteiger partial charge is 0.326 e. The first-order valence-electron chi connectivity index (χ1n) is 9.32. The van der Waals surface area contributed by atoms with Crippen molar-refractivity contribution in [3.05, 3.63) is 29.8 Å². The highest BCUT2D eigenvalue weighted by Gasteiger charge is 2.61. The number of carbonyl (C=O) groups is 4. The summed E-state index contributed by atoms with van der Waals surface area (Å²) < 4.78 is 4.97. The normalized spacial score (nSPS) is 28.4. The number of carbonyl (C=O) groups excluding carboxylic acids is 4. The summed E-state index contributed by atoms with van der Waals surface area (Å²) in [4.78, 5) is 50.2. The fourth-order valence-electron chi connectivity index (χ4n) is 4.85. The van der Waals surface area contributed by atoms with Crippen LogP contribution in [-0.4, -0.2) is 41.7 Å². The van der Waals surface area contributed by atoms with Gasteiger partial charge in [0.25, 0.3) is 5.91 Å². The van der Waals surface area contributed by atoms with E-state index in [1.807, 2.05) is 19.1 Å². The molecular formula is C20H22N2O5. The lowest BCUT2D eigenvalue weighted by molar-refractivity contribution is -0.154. The van der Waals surface area contributed by atoms with Crippen LogP contribution in [0.3, 0.4) is 0 Å². The number of imide groups is 1. The minimum atomic E-state index is -0.746. The number of ether oxygens (including phenoxy) is 1. The van der Waals surface area contributed by atoms with Gasteiger partial charge in [0.2, 0.25) is 11.8 Å². The van der Waals surface area contributed by atoms with Gasteiger partial charge < -0.3 is 10.1 Å². The Hall–Kier alpha value is -2.70. The monoisotopic (exact) mass is 370 g/mol. The average Bonchev–Trinajstić information content (AvgIpc) is 3.32. The second-order valence-electron chi connectivity index (χ2n) is 7.67. The number of nitrogens with zero attached hydrogens (tertiary/aromatic N) is 1. The topological polar surface area (TPSA) is 92.8 Å². The Labute approximate surface area is 157 Å². The molecule has 1 heterocycles. The molecular weight excluding hydrogens is 348 g/mol. The van der Waals surface area contributed by atoms with Gasteiger partial charge in [-0.05, 0) is 49.7 Å². The van der Waals surface area contributed by atoms with Crippen molar-refractivity contribution in [2.75, 3.05) is 18.5 Å². The zero-order valence-corrected chi connectivity index (χ0v) is 15.1. The molecule has 2 aliphatic carbocycles. The van der Waals surface area contributed by atoms with Gasteiger partial charge in [-0.25, -0.2) is 0 Å². The summed E-state index contributed by atoms with van der Waals surface area (Å²) in [6.45, 7) is 0.986. The Morgan fingerprint density at radius 2 is 1.74 bits per heavy atom. The summed E-state index contributed by atoms with van der Waals surface area (Å²) in [6.07, 6.45) is 2.93. The van der Waals surface area contributed by atoms with E-state index in [4.69, 9.17) is 4.74 Å². The van der Waals surface area contributed by atoms with Crippen molar-refractivity contribution < 1.29 is 23.9 Å². The third-order valence-corrected chi connectivity index (χ3v) is 6.09. The lowest BCUT2D eigenvalue weighted by atomic mass is 9.81. The maximum Gasteiger partial charge on any atom is 0.326 e. The van der Waals surface area contributed by atoms with Crippen LogP contribution in [0.25, 0.3) is 0 Å². The molecule has 142 valence electrons. The molecule has 0 radical (unpaired) electrons. The van der Waals surface area contributed by atoms with Crippen LogP contribution in [0.4, 0.5) is 5.69 Å². The number of anilines is 1. The van der Waals surface area contributed by atoms with E-state index in [9.17, 15) is 19.2 Å². The van der Waals surface area contributed by atoms with Crippen LogP contribution >= 0.6 is 0 Å². The molecule has 4 atom stereocenters. The van der Waals surface area contributed by atoms with E-state index < -0.39 is 25.0 Å². The summed E-state index contributed by atoms with van der Waals surface area (Å²) in [6, 6.07) is 7.26. The summed E-state index contributed by atoms with van der Waals surface area (Å²) in [5.74, 6) is -1.68. The number of fused-ring (bicyclic) bond motifs is 5. The van der Waals surface area contributed by atoms with Crippen molar-refractivity contribution in [3.63, 3.8) is 0 Å². The second-order valence-corrected chi connectivity index (χ2v) is 7.67. The van der Waals surface area contributed by atoms with Crippen LogP contribution in [0.5, 0.6) is 0 Å². The van der Waals surface area contributed by atoms with Crippen molar-refractivity contribution in [3.8, 4) is 0 Å². The number of para-hydroxylation sites is 1. The van der Waals surface area contributed by atoms with Gasteiger partial charge >= 0.3 is 5.97 Å². The van der Waals surface area contributed by atoms with Crippen LogP contribution < -0.4 is 5.32 Å². The van der Waals surface area contributed by atoms with Crippen LogP contribution in [-0.2, 0) is 23.9 Å². The Kier molecular flexibility index (Phi) is 4.45. The maximum absolute atomic E-state index is 12.6. The lowest BCUT2D eigenvalue weighted by Crippen LogP contribution is -2.38. The summed E-state index contributed by atoms with van der Waals surface area (Å²) in [5, 5.41) is 2.67. The summed E-state index contributed by atoms with van der Waals surface area (Å²) in [5.41, 5.74) is 1.54. The molecule has 4 rings (SSSR count). The first-order valence-corrected chi connectivity index (χ1v) is 9.32. The molecule has 7 nitrogen and oxygen atoms in total. The highest BCUT2D eigenvalue weighted by atomic mass is 16.5. The lowest BCUT2D eigenvalue weighted by Gasteiger charge is -2.19. The van der Waals surface area contributed by atoms with Crippen LogP contribution in [0.15, 0.2) is 24.3 Å². The van der Waals surface area contributed by atoms with Gasteiger partial charge in [-0.1, -0.05) is 18.2 Å². The highest BCUT2D eigenvalue weighted by Crippen LogP contribution is 2.56. The Bertz CT molecular complexity index is 792. The van der Waals surface area contributed by atoms with E-state index in [-0.39, 0.29) is 35.5 Å². The van der Waals surface area contributed by atoms with Crippen molar-refractivity contribution in [1.82, 2.24) is 4.90 Å². The minimum Gasteiger partial charge on any atom is -0.454 e. The molecule has 2 saturated carbocycles. The molecule has 1 N–H and O–H groups in total. The average molecular weight is 370 g/mol. The van der Waals surface area contributed by atoms with E-state index in [1.165, 1.54) is 0 Å². The maximum atomic E-state index is 12.6. The molecule has 3 fully saturated rings. The zero-order chi connectivity index (χ0) is 19.1. The van der Waals surface area contributed by atoms with Crippen molar-refractivity contribution in [1.29, 1.82) is 0 Å². The van der Waals surface area contributed by atoms with Gasteiger partial charge in [0.15, 0.2) is 6.61 Å². The molecule has 2 bridgehead atoms. The molecule has 7 heteroatoms. The van der Waals surface area contributed by atoms with Crippen LogP contribution in [0, 0.1) is 30.6 Å². The van der Waals surface area contributed by atoms with E-state index in [1.54, 1.807) is 12.1 Å². The Morgan fingerprint density at radius 1 is 1.11 bits per heavy atom. The van der Waals surface area contributed by atoms with Gasteiger partial charge in [0.05, 0.1) is 11.8 Å². The van der Waals surface area contributed by atoms with E-state index in [0.717, 1.165) is 29.7 Å². The SMILES string of the molecule is Cc1ccccc1NC(=O)COC(=O)CN1C(=O)[C@@H]2[C@H]3CC[C@@H](C3)[C@@H]2C1=O. The van der Waals surface area contributed by atoms with Crippen LogP contribution in [0.1, 0.15) is 24.8 Å². The first kappa shape index (κ1) is 17.7. The molecule has 0 aromatic heterocycles. The quantitative estimate of drug-likeness (QED) is 0.626. The molecule has 1 aromatic rings. The predicted molar refractivity (Wildman–Crippen MR) is 95.3 cm³/mol. The number of amides is 3. The molecule has 0 unspecified atom stereocenters. The van der Waals surface area contributed by atoms with E-state index in [2.05, 4.69) is 5.32 Å². The number of benzene rings is 1. The minimum absolute atomic E-state index is 0.251. The molecule has 1 saturated heterocycles. The number of aryl methyl sites for hydroxylation is 1. The molecule has 27 heavy (non-hydrogen) atoms. The summed E-state index contributed by atoms with van der Waals surface area (Å²) in [7, 11) is 0. The molecule has 3 amide bonds. The van der Waals surface area contributed by atoms with Crippen molar-refractivity contribution in [2.24, 2.45) is 23.7 Å². The Balaban J connectivity index is 1.30. The molecule has 3 aliphatic rings. The largest absolute Gasteiger partial charge is 0.454 e. The fraction of sp³-hybridized carbons (Fsp3) is 0.500.